The first-order valence-electron chi connectivity index (χ1n) is 7.11. The summed E-state index contributed by atoms with van der Waals surface area (Å²) in [6.07, 6.45) is 4.16. The van der Waals surface area contributed by atoms with Gasteiger partial charge < -0.3 is 14.5 Å². The average Bonchev–Trinajstić information content (AvgIpc) is 2.86. The largest absolute Gasteiger partial charge is 0.449 e. The third-order valence-electron chi connectivity index (χ3n) is 3.66. The van der Waals surface area contributed by atoms with Crippen LogP contribution in [0.15, 0.2) is 34.9 Å². The van der Waals surface area contributed by atoms with Crippen molar-refractivity contribution < 1.29 is 9.15 Å². The summed E-state index contributed by atoms with van der Waals surface area (Å²) in [5.74, 6) is 0.693. The predicted molar refractivity (Wildman–Crippen MR) is 78.7 cm³/mol. The van der Waals surface area contributed by atoms with E-state index in [1.165, 1.54) is 0 Å². The molecule has 0 radical (unpaired) electrons. The Bertz CT molecular complexity index is 562. The third-order valence-corrected chi connectivity index (χ3v) is 3.66. The van der Waals surface area contributed by atoms with Crippen LogP contribution in [0, 0.1) is 6.92 Å². The van der Waals surface area contributed by atoms with E-state index in [1.807, 2.05) is 6.92 Å². The van der Waals surface area contributed by atoms with Crippen LogP contribution in [-0.4, -0.2) is 23.7 Å². The Kier molecular flexibility index (Phi) is 3.74. The van der Waals surface area contributed by atoms with Crippen molar-refractivity contribution in [1.82, 2.24) is 4.98 Å². The molecular weight excluding hydrogens is 252 g/mol. The molecule has 1 aliphatic heterocycles. The van der Waals surface area contributed by atoms with Crippen LogP contribution in [0.2, 0.25) is 0 Å². The number of hydrogen-bond donors (Lipinski definition) is 1. The van der Waals surface area contributed by atoms with Crippen LogP contribution in [0.1, 0.15) is 25.7 Å². The van der Waals surface area contributed by atoms with E-state index in [0.717, 1.165) is 36.4 Å². The van der Waals surface area contributed by atoms with Crippen LogP contribution in [0.4, 0.5) is 5.69 Å². The van der Waals surface area contributed by atoms with Crippen molar-refractivity contribution in [3.63, 3.8) is 0 Å². The molecule has 0 amide bonds. The van der Waals surface area contributed by atoms with Crippen LogP contribution in [-0.2, 0) is 4.74 Å². The number of hydrogen-bond acceptors (Lipinski definition) is 4. The number of nitrogens with one attached hydrogen (secondary N) is 1. The van der Waals surface area contributed by atoms with Gasteiger partial charge in [-0.3, -0.25) is 0 Å². The van der Waals surface area contributed by atoms with Crippen molar-refractivity contribution in [3.05, 3.63) is 36.4 Å². The molecule has 1 aromatic heterocycles. The molecule has 3 rings (SSSR count). The monoisotopic (exact) mass is 272 g/mol. The van der Waals surface area contributed by atoms with E-state index in [4.69, 9.17) is 9.15 Å². The molecule has 4 nitrogen and oxygen atoms in total. The van der Waals surface area contributed by atoms with Crippen molar-refractivity contribution in [3.8, 4) is 11.3 Å². The minimum absolute atomic E-state index is 0.346. The van der Waals surface area contributed by atoms with Crippen molar-refractivity contribution >= 4 is 5.69 Å². The van der Waals surface area contributed by atoms with Crippen molar-refractivity contribution in [2.45, 2.75) is 38.8 Å². The van der Waals surface area contributed by atoms with E-state index in [1.54, 1.807) is 6.26 Å². The molecule has 1 aromatic carbocycles. The van der Waals surface area contributed by atoms with E-state index >= 15 is 0 Å². The summed E-state index contributed by atoms with van der Waals surface area (Å²) in [6, 6.07) is 8.84. The first-order valence-corrected chi connectivity index (χ1v) is 7.11. The number of nitrogens with zero attached hydrogens (tertiary/aromatic N) is 1. The molecule has 1 N–H and O–H groups in total. The molecular formula is C16H20N2O2. The number of anilines is 1. The second kappa shape index (κ2) is 5.67. The van der Waals surface area contributed by atoms with Gasteiger partial charge in [0, 0.05) is 30.8 Å². The van der Waals surface area contributed by atoms with Gasteiger partial charge in [-0.1, -0.05) is 12.1 Å². The molecule has 2 aromatic rings. The summed E-state index contributed by atoms with van der Waals surface area (Å²) in [6.45, 7) is 4.82. The highest BCUT2D eigenvalue weighted by Gasteiger charge is 2.18. The molecule has 2 atom stereocenters. The molecule has 0 spiro atoms. The highest BCUT2D eigenvalue weighted by Crippen LogP contribution is 2.23. The van der Waals surface area contributed by atoms with Gasteiger partial charge in [0.05, 0.1) is 6.10 Å². The van der Waals surface area contributed by atoms with E-state index in [2.05, 4.69) is 41.5 Å². The lowest BCUT2D eigenvalue weighted by Gasteiger charge is -2.28. The Balaban J connectivity index is 1.67. The standard InChI is InChI=1S/C16H20N2O2/c1-11-9-15(7-8-19-11)18-14-5-3-13(4-6-14)16-10-20-12(2)17-16/h3-6,10-11,15,18H,7-9H2,1-2H3. The zero-order chi connectivity index (χ0) is 13.9. The van der Waals surface area contributed by atoms with E-state index in [-0.39, 0.29) is 0 Å². The van der Waals surface area contributed by atoms with E-state index in [9.17, 15) is 0 Å². The van der Waals surface area contributed by atoms with Gasteiger partial charge in [0.25, 0.3) is 0 Å². The van der Waals surface area contributed by atoms with Crippen molar-refractivity contribution in [2.75, 3.05) is 11.9 Å². The van der Waals surface area contributed by atoms with Gasteiger partial charge in [0.15, 0.2) is 5.89 Å². The molecule has 106 valence electrons. The molecule has 1 saturated heterocycles. The molecule has 1 fully saturated rings. The minimum atomic E-state index is 0.346. The lowest BCUT2D eigenvalue weighted by molar-refractivity contribution is 0.0232. The second-order valence-corrected chi connectivity index (χ2v) is 5.38. The van der Waals surface area contributed by atoms with E-state index in [0.29, 0.717) is 18.0 Å². The number of ether oxygens (including phenoxy) is 1. The van der Waals surface area contributed by atoms with Crippen LogP contribution in [0.5, 0.6) is 0 Å². The lowest BCUT2D eigenvalue weighted by atomic mass is 10.0. The fraction of sp³-hybridized carbons (Fsp3) is 0.438. The third kappa shape index (κ3) is 3.02. The number of benzene rings is 1. The molecule has 0 saturated carbocycles. The Morgan fingerprint density at radius 2 is 2.05 bits per heavy atom. The summed E-state index contributed by atoms with van der Waals surface area (Å²) in [5.41, 5.74) is 3.11. The Labute approximate surface area is 119 Å². The highest BCUT2D eigenvalue weighted by atomic mass is 16.5. The minimum Gasteiger partial charge on any atom is -0.449 e. The predicted octanol–water partition coefficient (Wildman–Crippen LogP) is 3.63. The Morgan fingerprint density at radius 3 is 2.70 bits per heavy atom. The summed E-state index contributed by atoms with van der Waals surface area (Å²) >= 11 is 0. The Morgan fingerprint density at radius 1 is 1.25 bits per heavy atom. The molecule has 1 aliphatic rings. The smallest absolute Gasteiger partial charge is 0.191 e. The van der Waals surface area contributed by atoms with Crippen LogP contribution in [0.3, 0.4) is 0 Å². The number of aromatic nitrogens is 1. The van der Waals surface area contributed by atoms with Crippen molar-refractivity contribution in [2.24, 2.45) is 0 Å². The average molecular weight is 272 g/mol. The Hall–Kier alpha value is -1.81. The number of rotatable bonds is 3. The maximum atomic E-state index is 5.57. The molecule has 0 bridgehead atoms. The van der Waals surface area contributed by atoms with Gasteiger partial charge in [0.2, 0.25) is 0 Å². The van der Waals surface area contributed by atoms with Gasteiger partial charge in [-0.25, -0.2) is 4.98 Å². The van der Waals surface area contributed by atoms with Crippen LogP contribution < -0.4 is 5.32 Å². The summed E-state index contributed by atoms with van der Waals surface area (Å²) < 4.78 is 10.8. The maximum Gasteiger partial charge on any atom is 0.191 e. The highest BCUT2D eigenvalue weighted by molar-refractivity contribution is 5.62. The zero-order valence-corrected chi connectivity index (χ0v) is 11.9. The first-order chi connectivity index (χ1) is 9.70. The summed E-state index contributed by atoms with van der Waals surface area (Å²) in [4.78, 5) is 4.33. The molecule has 2 unspecified atom stereocenters. The fourth-order valence-electron chi connectivity index (χ4n) is 2.60. The quantitative estimate of drug-likeness (QED) is 0.927. The zero-order valence-electron chi connectivity index (χ0n) is 11.9. The molecule has 0 aliphatic carbocycles. The van der Waals surface area contributed by atoms with Gasteiger partial charge >= 0.3 is 0 Å². The van der Waals surface area contributed by atoms with Gasteiger partial charge in [-0.15, -0.1) is 0 Å². The van der Waals surface area contributed by atoms with Gasteiger partial charge in [-0.2, -0.15) is 0 Å². The van der Waals surface area contributed by atoms with Crippen LogP contribution in [0.25, 0.3) is 11.3 Å². The van der Waals surface area contributed by atoms with Gasteiger partial charge in [0.1, 0.15) is 12.0 Å². The lowest BCUT2D eigenvalue weighted by Crippen LogP contribution is -2.32. The normalized spacial score (nSPS) is 22.7. The molecule has 2 heterocycles. The summed E-state index contributed by atoms with van der Waals surface area (Å²) in [5, 5.41) is 3.57. The number of aryl methyl sites for hydroxylation is 1. The molecule has 20 heavy (non-hydrogen) atoms. The van der Waals surface area contributed by atoms with Gasteiger partial charge in [-0.05, 0) is 31.9 Å². The summed E-state index contributed by atoms with van der Waals surface area (Å²) in [7, 11) is 0. The number of oxazole rings is 1. The van der Waals surface area contributed by atoms with Crippen LogP contribution >= 0.6 is 0 Å². The first kappa shape index (κ1) is 13.2. The van der Waals surface area contributed by atoms with Crippen molar-refractivity contribution in [1.29, 1.82) is 0 Å². The molecule has 4 heteroatoms. The second-order valence-electron chi connectivity index (χ2n) is 5.38. The maximum absolute atomic E-state index is 5.57. The fourth-order valence-corrected chi connectivity index (χ4v) is 2.60. The topological polar surface area (TPSA) is 47.3 Å². The van der Waals surface area contributed by atoms with E-state index < -0.39 is 0 Å². The SMILES string of the molecule is Cc1nc(-c2ccc(NC3CCOC(C)C3)cc2)co1.